The van der Waals surface area contributed by atoms with E-state index in [1.54, 1.807) is 0 Å². The van der Waals surface area contributed by atoms with E-state index in [9.17, 15) is 18.0 Å². The van der Waals surface area contributed by atoms with Crippen LogP contribution in [0.4, 0.5) is 13.2 Å². The molecule has 10 heteroatoms. The summed E-state index contributed by atoms with van der Waals surface area (Å²) in [6, 6.07) is 4.08. The number of hydrogen-bond acceptors (Lipinski definition) is 2. The third-order valence-electron chi connectivity index (χ3n) is 3.80. The maximum atomic E-state index is 13.9. The van der Waals surface area contributed by atoms with Crippen LogP contribution in [0.5, 0.6) is 0 Å². The first-order chi connectivity index (χ1) is 14.6. The molecule has 142 valence electrons. The van der Waals surface area contributed by atoms with E-state index in [2.05, 4.69) is 31.9 Å². The Morgan fingerprint density at radius 1 is 1.41 bits per heavy atom. The molecule has 1 aromatic heterocycles. The standard InChI is InChI=1S/C17H11Br2ClF3N3O/c1-2-25-11-6-9(18)12(13(19)14(11)26(16(22)23)17(25)24)15(27)8-5-7(21)3-4-10(8)20/h3-6,16,24H,2H2,1H3/i1D3,2D2. The number of imidazole rings is 1. The van der Waals surface area contributed by atoms with Crippen molar-refractivity contribution in [2.24, 2.45) is 0 Å². The first kappa shape index (κ1) is 14.4. The van der Waals surface area contributed by atoms with Gasteiger partial charge in [-0.2, -0.15) is 8.78 Å². The number of benzene rings is 2. The zero-order valence-electron chi connectivity index (χ0n) is 18.0. The summed E-state index contributed by atoms with van der Waals surface area (Å²) in [5.74, 6) is -1.62. The topological polar surface area (TPSA) is 50.8 Å². The predicted molar refractivity (Wildman–Crippen MR) is 103 cm³/mol. The van der Waals surface area contributed by atoms with Gasteiger partial charge in [-0.25, -0.2) is 4.39 Å². The Kier molecular flexibility index (Phi) is 3.98. The summed E-state index contributed by atoms with van der Waals surface area (Å²) < 4.78 is 79.9. The molecule has 0 bridgehead atoms. The second kappa shape index (κ2) is 7.44. The molecule has 0 radical (unpaired) electrons. The molecule has 0 aliphatic rings. The molecule has 2 aromatic carbocycles. The number of fused-ring (bicyclic) bond motifs is 1. The summed E-state index contributed by atoms with van der Waals surface area (Å²) in [4.78, 5) is 13.1. The summed E-state index contributed by atoms with van der Waals surface area (Å²) in [5, 5.41) is 7.97. The number of alkyl halides is 2. The Bertz CT molecular complexity index is 1320. The maximum absolute atomic E-state index is 13.9. The molecule has 0 aliphatic heterocycles. The van der Waals surface area contributed by atoms with Crippen LogP contribution < -0.4 is 5.62 Å². The van der Waals surface area contributed by atoms with Gasteiger partial charge in [0.15, 0.2) is 5.78 Å². The van der Waals surface area contributed by atoms with Crippen molar-refractivity contribution in [3.63, 3.8) is 0 Å². The minimum Gasteiger partial charge on any atom is -0.310 e. The average molecular weight is 531 g/mol. The Morgan fingerprint density at radius 3 is 2.74 bits per heavy atom. The summed E-state index contributed by atoms with van der Waals surface area (Å²) in [7, 11) is 0. The van der Waals surface area contributed by atoms with E-state index in [-0.39, 0.29) is 29.7 Å². The van der Waals surface area contributed by atoms with E-state index >= 15 is 0 Å². The molecule has 0 atom stereocenters. The normalized spacial score (nSPS) is 15.3. The highest BCUT2D eigenvalue weighted by Gasteiger charge is 2.26. The average Bonchev–Trinajstić information content (AvgIpc) is 2.95. The largest absolute Gasteiger partial charge is 0.321 e. The smallest absolute Gasteiger partial charge is 0.310 e. The van der Waals surface area contributed by atoms with Crippen LogP contribution in [-0.2, 0) is 6.50 Å². The van der Waals surface area contributed by atoms with Crippen LogP contribution in [0.2, 0.25) is 5.02 Å². The van der Waals surface area contributed by atoms with Gasteiger partial charge < -0.3 is 4.57 Å². The zero-order valence-corrected chi connectivity index (χ0v) is 16.9. The molecule has 1 heterocycles. The van der Waals surface area contributed by atoms with Crippen molar-refractivity contribution in [3.8, 4) is 0 Å². The molecule has 0 saturated carbocycles. The molecule has 0 aliphatic carbocycles. The lowest BCUT2D eigenvalue weighted by molar-refractivity contribution is 0.0686. The van der Waals surface area contributed by atoms with Crippen LogP contribution in [0.3, 0.4) is 0 Å². The van der Waals surface area contributed by atoms with Crippen LogP contribution in [0.1, 0.15) is 36.2 Å². The third-order valence-corrected chi connectivity index (χ3v) is 5.53. The number of nitrogens with zero attached hydrogens (tertiary/aromatic N) is 2. The molecule has 27 heavy (non-hydrogen) atoms. The number of carbonyl (C=O) groups is 1. The van der Waals surface area contributed by atoms with Gasteiger partial charge >= 0.3 is 6.55 Å². The quantitative estimate of drug-likeness (QED) is 0.421. The molecule has 0 amide bonds. The number of carbonyl (C=O) groups excluding carboxylic acids is 1. The van der Waals surface area contributed by atoms with Gasteiger partial charge in [0.2, 0.25) is 5.62 Å². The highest BCUT2D eigenvalue weighted by atomic mass is 79.9. The van der Waals surface area contributed by atoms with Gasteiger partial charge in [-0.05, 0) is 63.0 Å². The second-order valence-corrected chi connectivity index (χ2v) is 7.34. The Balaban J connectivity index is 2.46. The Hall–Kier alpha value is -1.58. The van der Waals surface area contributed by atoms with Gasteiger partial charge in [0.1, 0.15) is 5.82 Å². The van der Waals surface area contributed by atoms with E-state index < -0.39 is 48.2 Å². The number of rotatable bonds is 4. The zero-order chi connectivity index (χ0) is 24.3. The second-order valence-electron chi connectivity index (χ2n) is 5.29. The number of halogens is 6. The van der Waals surface area contributed by atoms with Crippen LogP contribution in [0, 0.1) is 11.2 Å². The van der Waals surface area contributed by atoms with E-state index in [0.717, 1.165) is 24.3 Å². The fourth-order valence-corrected chi connectivity index (χ4v) is 4.49. The molecular formula is C17H11Br2ClF3N3O. The van der Waals surface area contributed by atoms with Gasteiger partial charge in [0, 0.05) is 23.4 Å². The van der Waals surface area contributed by atoms with Crippen LogP contribution >= 0.6 is 43.5 Å². The third kappa shape index (κ3) is 3.25. The first-order valence-electron chi connectivity index (χ1n) is 9.59. The van der Waals surface area contributed by atoms with Gasteiger partial charge in [0.05, 0.1) is 26.1 Å². The molecule has 3 aromatic rings. The number of hydrogen-bond donors (Lipinski definition) is 1. The van der Waals surface area contributed by atoms with Crippen molar-refractivity contribution in [1.29, 1.82) is 5.41 Å². The lowest BCUT2D eigenvalue weighted by atomic mass is 10.0. The molecular weight excluding hydrogens is 514 g/mol. The van der Waals surface area contributed by atoms with Gasteiger partial charge in [-0.1, -0.05) is 11.6 Å². The predicted octanol–water partition coefficient (Wildman–Crippen LogP) is 5.89. The minimum atomic E-state index is -3.38. The highest BCUT2D eigenvalue weighted by Crippen LogP contribution is 2.37. The van der Waals surface area contributed by atoms with Gasteiger partial charge in [0.25, 0.3) is 0 Å². The molecule has 3 rings (SSSR count). The monoisotopic (exact) mass is 528 g/mol. The Morgan fingerprint density at radius 2 is 2.11 bits per heavy atom. The summed E-state index contributed by atoms with van der Waals surface area (Å²) in [6.45, 7) is -9.92. The fraction of sp³-hybridized carbons (Fsp3) is 0.176. The number of nitrogens with one attached hydrogen (secondary N) is 1. The lowest BCUT2D eigenvalue weighted by Gasteiger charge is -2.12. The maximum Gasteiger partial charge on any atom is 0.321 e. The van der Waals surface area contributed by atoms with Crippen LogP contribution in [0.25, 0.3) is 11.0 Å². The van der Waals surface area contributed by atoms with Crippen molar-refractivity contribution >= 4 is 60.3 Å². The summed E-state index contributed by atoms with van der Waals surface area (Å²) in [5.41, 5.74) is -2.56. The van der Waals surface area contributed by atoms with Crippen LogP contribution in [-0.4, -0.2) is 14.9 Å². The van der Waals surface area contributed by atoms with E-state index in [1.807, 2.05) is 0 Å². The molecule has 0 fully saturated rings. The molecule has 4 nitrogen and oxygen atoms in total. The number of aryl methyl sites for hydroxylation is 1. The number of aromatic nitrogens is 2. The van der Waals surface area contributed by atoms with E-state index in [0.29, 0.717) is 4.57 Å². The minimum absolute atomic E-state index is 0.0521. The van der Waals surface area contributed by atoms with Crippen LogP contribution in [0.15, 0.2) is 33.2 Å². The summed E-state index contributed by atoms with van der Waals surface area (Å²) in [6.07, 6.45) is 0. The SMILES string of the molecule is [2H]C([2H])([2H])C([2H])([2H])n1c(=N)n(C(F)F)c2c(Br)c(C(=O)c3cc(F)ccc3Cl)c(Br)cc21. The highest BCUT2D eigenvalue weighted by molar-refractivity contribution is 9.11. The molecule has 1 N–H and O–H groups in total. The van der Waals surface area contributed by atoms with Crippen molar-refractivity contribution in [1.82, 2.24) is 9.13 Å². The molecule has 0 unspecified atom stereocenters. The van der Waals surface area contributed by atoms with Crippen molar-refractivity contribution < 1.29 is 24.8 Å². The van der Waals surface area contributed by atoms with E-state index in [1.165, 1.54) is 0 Å². The Labute approximate surface area is 180 Å². The van der Waals surface area contributed by atoms with E-state index in [4.69, 9.17) is 23.9 Å². The lowest BCUT2D eigenvalue weighted by Crippen LogP contribution is -2.24. The molecule has 0 saturated heterocycles. The first-order valence-corrected chi connectivity index (χ1v) is 9.05. The summed E-state index contributed by atoms with van der Waals surface area (Å²) >= 11 is 12.2. The van der Waals surface area contributed by atoms with Gasteiger partial charge in [-0.3, -0.25) is 14.8 Å². The van der Waals surface area contributed by atoms with Crippen molar-refractivity contribution in [2.45, 2.75) is 19.9 Å². The fourth-order valence-electron chi connectivity index (χ4n) is 2.64. The van der Waals surface area contributed by atoms with Crippen molar-refractivity contribution in [2.75, 3.05) is 0 Å². The van der Waals surface area contributed by atoms with Gasteiger partial charge in [-0.15, -0.1) is 0 Å². The molecule has 0 spiro atoms. The number of ketones is 1. The van der Waals surface area contributed by atoms with Crippen molar-refractivity contribution in [3.05, 3.63) is 60.8 Å².